The molecule has 1 aromatic carbocycles. The van der Waals surface area contributed by atoms with E-state index < -0.39 is 0 Å². The fraction of sp³-hybridized carbons (Fsp3) is 0.500. The highest BCUT2D eigenvalue weighted by atomic mass is 16.2. The van der Waals surface area contributed by atoms with Gasteiger partial charge in [0.05, 0.1) is 0 Å². The predicted molar refractivity (Wildman–Crippen MR) is 84.2 cm³/mol. The Morgan fingerprint density at radius 2 is 1.86 bits per heavy atom. The maximum Gasteiger partial charge on any atom is 0.242 e. The first kappa shape index (κ1) is 15.4. The molecule has 2 amide bonds. The zero-order valence-corrected chi connectivity index (χ0v) is 12.6. The van der Waals surface area contributed by atoms with Gasteiger partial charge in [-0.1, -0.05) is 18.9 Å². The van der Waals surface area contributed by atoms with Crippen molar-refractivity contribution in [2.75, 3.05) is 10.6 Å². The SMILES string of the molecule is CC(=O)Nc1cccc(NC(C)C(=O)NC2CCCC2)c1. The average Bonchev–Trinajstić information content (AvgIpc) is 2.91. The Labute approximate surface area is 125 Å². The topological polar surface area (TPSA) is 70.2 Å². The van der Waals surface area contributed by atoms with Crippen LogP contribution in [-0.4, -0.2) is 23.9 Å². The Hall–Kier alpha value is -2.04. The summed E-state index contributed by atoms with van der Waals surface area (Å²) in [5, 5.41) is 8.97. The van der Waals surface area contributed by atoms with Gasteiger partial charge >= 0.3 is 0 Å². The molecule has 0 heterocycles. The molecular weight excluding hydrogens is 266 g/mol. The summed E-state index contributed by atoms with van der Waals surface area (Å²) in [6.45, 7) is 3.31. The lowest BCUT2D eigenvalue weighted by atomic mass is 10.2. The second-order valence-electron chi connectivity index (χ2n) is 5.62. The van der Waals surface area contributed by atoms with Crippen molar-refractivity contribution in [2.24, 2.45) is 0 Å². The summed E-state index contributed by atoms with van der Waals surface area (Å²) in [5.41, 5.74) is 1.53. The van der Waals surface area contributed by atoms with E-state index in [0.29, 0.717) is 6.04 Å². The molecule has 3 N–H and O–H groups in total. The Balaban J connectivity index is 1.90. The average molecular weight is 289 g/mol. The summed E-state index contributed by atoms with van der Waals surface area (Å²) in [6.07, 6.45) is 4.56. The maximum absolute atomic E-state index is 12.1. The van der Waals surface area contributed by atoms with Crippen LogP contribution in [-0.2, 0) is 9.59 Å². The summed E-state index contributed by atoms with van der Waals surface area (Å²) in [5.74, 6) is -0.0917. The van der Waals surface area contributed by atoms with E-state index in [1.165, 1.54) is 19.8 Å². The Morgan fingerprint density at radius 3 is 2.52 bits per heavy atom. The number of amides is 2. The molecule has 0 saturated heterocycles. The summed E-state index contributed by atoms with van der Waals surface area (Å²) in [6, 6.07) is 7.38. The van der Waals surface area contributed by atoms with Crippen molar-refractivity contribution >= 4 is 23.2 Å². The molecule has 1 saturated carbocycles. The summed E-state index contributed by atoms with van der Waals surface area (Å²) in [4.78, 5) is 23.2. The van der Waals surface area contributed by atoms with Gasteiger partial charge in [-0.3, -0.25) is 9.59 Å². The third kappa shape index (κ3) is 4.77. The highest BCUT2D eigenvalue weighted by Crippen LogP contribution is 2.19. The smallest absolute Gasteiger partial charge is 0.242 e. The monoisotopic (exact) mass is 289 g/mol. The number of carbonyl (C=O) groups is 2. The molecule has 0 radical (unpaired) electrons. The van der Waals surface area contributed by atoms with E-state index >= 15 is 0 Å². The third-order valence-corrected chi connectivity index (χ3v) is 3.66. The molecule has 1 atom stereocenters. The van der Waals surface area contributed by atoms with Gasteiger partial charge in [0.1, 0.15) is 6.04 Å². The molecule has 0 bridgehead atoms. The van der Waals surface area contributed by atoms with Crippen LogP contribution in [0.15, 0.2) is 24.3 Å². The van der Waals surface area contributed by atoms with Gasteiger partial charge in [0.15, 0.2) is 0 Å². The lowest BCUT2D eigenvalue weighted by Gasteiger charge is -2.19. The molecule has 1 aliphatic rings. The van der Waals surface area contributed by atoms with Gasteiger partial charge in [-0.25, -0.2) is 0 Å². The zero-order valence-electron chi connectivity index (χ0n) is 12.6. The first-order chi connectivity index (χ1) is 10.0. The number of hydrogen-bond acceptors (Lipinski definition) is 3. The van der Waals surface area contributed by atoms with Crippen molar-refractivity contribution in [3.8, 4) is 0 Å². The van der Waals surface area contributed by atoms with Crippen LogP contribution in [0.4, 0.5) is 11.4 Å². The highest BCUT2D eigenvalue weighted by Gasteiger charge is 2.20. The number of benzene rings is 1. The van der Waals surface area contributed by atoms with Crippen LogP contribution in [0.1, 0.15) is 39.5 Å². The highest BCUT2D eigenvalue weighted by molar-refractivity contribution is 5.89. The number of anilines is 2. The molecule has 1 aromatic rings. The van der Waals surface area contributed by atoms with E-state index in [-0.39, 0.29) is 17.9 Å². The predicted octanol–water partition coefficient (Wildman–Crippen LogP) is 2.50. The fourth-order valence-corrected chi connectivity index (χ4v) is 2.60. The van der Waals surface area contributed by atoms with Crippen molar-refractivity contribution in [2.45, 2.75) is 51.6 Å². The number of rotatable bonds is 5. The number of nitrogens with one attached hydrogen (secondary N) is 3. The molecule has 0 aliphatic heterocycles. The second kappa shape index (κ2) is 7.11. The van der Waals surface area contributed by atoms with Gasteiger partial charge in [-0.15, -0.1) is 0 Å². The molecule has 0 spiro atoms. The molecule has 21 heavy (non-hydrogen) atoms. The van der Waals surface area contributed by atoms with Crippen LogP contribution in [0.5, 0.6) is 0 Å². The van der Waals surface area contributed by atoms with Gasteiger partial charge in [-0.05, 0) is 38.0 Å². The number of carbonyl (C=O) groups excluding carboxylic acids is 2. The molecule has 114 valence electrons. The lowest BCUT2D eigenvalue weighted by Crippen LogP contribution is -2.42. The third-order valence-electron chi connectivity index (χ3n) is 3.66. The maximum atomic E-state index is 12.1. The minimum Gasteiger partial charge on any atom is -0.374 e. The van der Waals surface area contributed by atoms with Gasteiger partial charge in [-0.2, -0.15) is 0 Å². The minimum atomic E-state index is -0.307. The van der Waals surface area contributed by atoms with Crippen molar-refractivity contribution < 1.29 is 9.59 Å². The Kier molecular flexibility index (Phi) is 5.20. The van der Waals surface area contributed by atoms with Gasteiger partial charge in [0.2, 0.25) is 11.8 Å². The van der Waals surface area contributed by atoms with E-state index in [9.17, 15) is 9.59 Å². The molecule has 1 unspecified atom stereocenters. The van der Waals surface area contributed by atoms with Crippen LogP contribution in [0.25, 0.3) is 0 Å². The minimum absolute atomic E-state index is 0.0202. The van der Waals surface area contributed by atoms with Crippen LogP contribution >= 0.6 is 0 Å². The Morgan fingerprint density at radius 1 is 1.19 bits per heavy atom. The fourth-order valence-electron chi connectivity index (χ4n) is 2.60. The first-order valence-corrected chi connectivity index (χ1v) is 7.49. The van der Waals surface area contributed by atoms with Crippen molar-refractivity contribution in [1.82, 2.24) is 5.32 Å². The second-order valence-corrected chi connectivity index (χ2v) is 5.62. The Bertz CT molecular complexity index is 510. The summed E-state index contributed by atoms with van der Waals surface area (Å²) >= 11 is 0. The molecule has 5 heteroatoms. The van der Waals surface area contributed by atoms with E-state index in [1.54, 1.807) is 0 Å². The quantitative estimate of drug-likeness (QED) is 0.780. The number of hydrogen-bond donors (Lipinski definition) is 3. The molecule has 1 aliphatic carbocycles. The van der Waals surface area contributed by atoms with Crippen molar-refractivity contribution in [3.05, 3.63) is 24.3 Å². The van der Waals surface area contributed by atoms with Crippen LogP contribution < -0.4 is 16.0 Å². The lowest BCUT2D eigenvalue weighted by molar-refractivity contribution is -0.122. The normalized spacial score (nSPS) is 16.3. The molecule has 1 fully saturated rings. The standard InChI is InChI=1S/C16H23N3O2/c1-11(16(21)19-13-6-3-4-7-13)17-14-8-5-9-15(10-14)18-12(2)20/h5,8-11,13,17H,3-4,6-7H2,1-2H3,(H,18,20)(H,19,21). The van der Waals surface area contributed by atoms with Gasteiger partial charge in [0.25, 0.3) is 0 Å². The molecule has 2 rings (SSSR count). The van der Waals surface area contributed by atoms with E-state index in [4.69, 9.17) is 0 Å². The molecule has 0 aromatic heterocycles. The largest absolute Gasteiger partial charge is 0.374 e. The first-order valence-electron chi connectivity index (χ1n) is 7.49. The van der Waals surface area contributed by atoms with Gasteiger partial charge in [0, 0.05) is 24.3 Å². The summed E-state index contributed by atoms with van der Waals surface area (Å²) in [7, 11) is 0. The van der Waals surface area contributed by atoms with E-state index in [2.05, 4.69) is 16.0 Å². The molecule has 5 nitrogen and oxygen atoms in total. The van der Waals surface area contributed by atoms with E-state index in [0.717, 1.165) is 24.2 Å². The van der Waals surface area contributed by atoms with Gasteiger partial charge < -0.3 is 16.0 Å². The van der Waals surface area contributed by atoms with Crippen molar-refractivity contribution in [3.63, 3.8) is 0 Å². The molecular formula is C16H23N3O2. The van der Waals surface area contributed by atoms with Crippen LogP contribution in [0.2, 0.25) is 0 Å². The van der Waals surface area contributed by atoms with E-state index in [1.807, 2.05) is 31.2 Å². The zero-order chi connectivity index (χ0) is 15.2. The van der Waals surface area contributed by atoms with Crippen LogP contribution in [0, 0.1) is 0 Å². The summed E-state index contributed by atoms with van der Waals surface area (Å²) < 4.78 is 0. The van der Waals surface area contributed by atoms with Crippen molar-refractivity contribution in [1.29, 1.82) is 0 Å². The van der Waals surface area contributed by atoms with Crippen LogP contribution in [0.3, 0.4) is 0 Å².